The van der Waals surface area contributed by atoms with Crippen molar-refractivity contribution in [2.24, 2.45) is 5.92 Å². The van der Waals surface area contributed by atoms with Gasteiger partial charge in [-0.05, 0) is 47.0 Å². The van der Waals surface area contributed by atoms with E-state index in [0.29, 0.717) is 28.2 Å². The maximum atomic E-state index is 12.1. The lowest BCUT2D eigenvalue weighted by Gasteiger charge is -2.16. The molecule has 1 aromatic rings. The lowest BCUT2D eigenvalue weighted by atomic mass is 10.1. The number of nitrogens with one attached hydrogen (secondary N) is 2. The fraction of sp³-hybridized carbons (Fsp3) is 0.429. The Hall–Kier alpha value is -1.56. The summed E-state index contributed by atoms with van der Waals surface area (Å²) in [6.07, 6.45) is 0. The van der Waals surface area contributed by atoms with E-state index in [9.17, 15) is 9.59 Å². The molecule has 1 unspecified atom stereocenters. The summed E-state index contributed by atoms with van der Waals surface area (Å²) in [4.78, 5) is 23.9. The SMILES string of the molecule is CC(C)CNC(=O)C(C)NC(=O)c1cc(N)ccc1Br. The van der Waals surface area contributed by atoms with Crippen molar-refractivity contribution in [3.63, 3.8) is 0 Å². The van der Waals surface area contributed by atoms with Gasteiger partial charge in [-0.15, -0.1) is 0 Å². The molecule has 0 radical (unpaired) electrons. The highest BCUT2D eigenvalue weighted by molar-refractivity contribution is 9.10. The number of nitrogens with two attached hydrogens (primary N) is 1. The molecule has 1 aromatic carbocycles. The fourth-order valence-electron chi connectivity index (χ4n) is 1.51. The Bertz CT molecular complexity index is 503. The van der Waals surface area contributed by atoms with Crippen LogP contribution in [-0.4, -0.2) is 24.4 Å². The van der Waals surface area contributed by atoms with Crippen LogP contribution in [0.3, 0.4) is 0 Å². The van der Waals surface area contributed by atoms with Gasteiger partial charge in [-0.2, -0.15) is 0 Å². The Balaban J connectivity index is 2.65. The van der Waals surface area contributed by atoms with Gasteiger partial charge in [-0.1, -0.05) is 13.8 Å². The molecule has 0 saturated carbocycles. The number of amides is 2. The van der Waals surface area contributed by atoms with Gasteiger partial charge in [0.15, 0.2) is 0 Å². The Labute approximate surface area is 127 Å². The number of anilines is 1. The third-order valence-corrected chi connectivity index (χ3v) is 3.35. The third-order valence-electron chi connectivity index (χ3n) is 2.66. The van der Waals surface area contributed by atoms with Gasteiger partial charge in [0, 0.05) is 16.7 Å². The number of benzene rings is 1. The molecule has 0 spiro atoms. The van der Waals surface area contributed by atoms with Gasteiger partial charge in [0.1, 0.15) is 6.04 Å². The average Bonchev–Trinajstić information content (AvgIpc) is 2.38. The summed E-state index contributed by atoms with van der Waals surface area (Å²) in [5.41, 5.74) is 6.56. The summed E-state index contributed by atoms with van der Waals surface area (Å²) in [5, 5.41) is 5.43. The first-order valence-corrected chi connectivity index (χ1v) is 7.24. The normalized spacial score (nSPS) is 12.1. The van der Waals surface area contributed by atoms with Gasteiger partial charge < -0.3 is 16.4 Å². The zero-order chi connectivity index (χ0) is 15.3. The van der Waals surface area contributed by atoms with E-state index in [2.05, 4.69) is 26.6 Å². The van der Waals surface area contributed by atoms with Crippen molar-refractivity contribution >= 4 is 33.4 Å². The van der Waals surface area contributed by atoms with E-state index >= 15 is 0 Å². The fourth-order valence-corrected chi connectivity index (χ4v) is 1.94. The largest absolute Gasteiger partial charge is 0.399 e. The number of nitrogen functional groups attached to an aromatic ring is 1. The Kier molecular flexibility index (Phi) is 6.01. The molecule has 110 valence electrons. The first-order chi connectivity index (χ1) is 9.31. The first kappa shape index (κ1) is 16.5. The highest BCUT2D eigenvalue weighted by Crippen LogP contribution is 2.19. The van der Waals surface area contributed by atoms with Crippen LogP contribution in [-0.2, 0) is 4.79 Å². The molecule has 0 bridgehead atoms. The van der Waals surface area contributed by atoms with E-state index in [0.717, 1.165) is 0 Å². The van der Waals surface area contributed by atoms with Crippen molar-refractivity contribution in [2.75, 3.05) is 12.3 Å². The predicted octanol–water partition coefficient (Wildman–Crippen LogP) is 1.92. The monoisotopic (exact) mass is 341 g/mol. The Morgan fingerprint density at radius 3 is 2.55 bits per heavy atom. The van der Waals surface area contributed by atoms with Crippen LogP contribution in [0.1, 0.15) is 31.1 Å². The van der Waals surface area contributed by atoms with Crippen LogP contribution in [0.2, 0.25) is 0 Å². The molecule has 0 heterocycles. The summed E-state index contributed by atoms with van der Waals surface area (Å²) >= 11 is 3.29. The molecule has 5 nitrogen and oxygen atoms in total. The number of rotatable bonds is 5. The molecule has 0 aliphatic heterocycles. The van der Waals surface area contributed by atoms with Crippen LogP contribution < -0.4 is 16.4 Å². The quantitative estimate of drug-likeness (QED) is 0.715. The Morgan fingerprint density at radius 2 is 1.95 bits per heavy atom. The molecule has 20 heavy (non-hydrogen) atoms. The lowest BCUT2D eigenvalue weighted by molar-refractivity contribution is -0.122. The van der Waals surface area contributed by atoms with Crippen molar-refractivity contribution < 1.29 is 9.59 Å². The molecule has 1 atom stereocenters. The standard InChI is InChI=1S/C14H20BrN3O2/c1-8(2)7-17-13(19)9(3)18-14(20)11-6-10(16)4-5-12(11)15/h4-6,8-9H,7,16H2,1-3H3,(H,17,19)(H,18,20). The summed E-state index contributed by atoms with van der Waals surface area (Å²) in [7, 11) is 0. The highest BCUT2D eigenvalue weighted by Gasteiger charge is 2.18. The molecular weight excluding hydrogens is 322 g/mol. The van der Waals surface area contributed by atoms with Crippen molar-refractivity contribution in [1.29, 1.82) is 0 Å². The molecule has 6 heteroatoms. The van der Waals surface area contributed by atoms with Gasteiger partial charge in [-0.25, -0.2) is 0 Å². The number of carbonyl (C=O) groups excluding carboxylic acids is 2. The van der Waals surface area contributed by atoms with E-state index in [-0.39, 0.29) is 11.8 Å². The van der Waals surface area contributed by atoms with E-state index in [1.54, 1.807) is 25.1 Å². The molecule has 0 fully saturated rings. The molecule has 0 aliphatic carbocycles. The molecular formula is C14H20BrN3O2. The zero-order valence-corrected chi connectivity index (χ0v) is 13.5. The van der Waals surface area contributed by atoms with E-state index in [1.165, 1.54) is 0 Å². The number of halogens is 1. The summed E-state index contributed by atoms with van der Waals surface area (Å²) in [6.45, 7) is 6.25. The molecule has 0 aliphatic rings. The number of carbonyl (C=O) groups is 2. The van der Waals surface area contributed by atoms with Crippen LogP contribution in [0.5, 0.6) is 0 Å². The van der Waals surface area contributed by atoms with Gasteiger partial charge in [0.25, 0.3) is 5.91 Å². The van der Waals surface area contributed by atoms with Gasteiger partial charge in [-0.3, -0.25) is 9.59 Å². The minimum Gasteiger partial charge on any atom is -0.399 e. The first-order valence-electron chi connectivity index (χ1n) is 6.45. The van der Waals surface area contributed by atoms with Crippen molar-refractivity contribution in [2.45, 2.75) is 26.8 Å². The minimum atomic E-state index is -0.602. The van der Waals surface area contributed by atoms with Crippen LogP contribution in [0, 0.1) is 5.92 Å². The lowest BCUT2D eigenvalue weighted by Crippen LogP contribution is -2.45. The Morgan fingerprint density at radius 1 is 1.30 bits per heavy atom. The van der Waals surface area contributed by atoms with Crippen LogP contribution in [0.15, 0.2) is 22.7 Å². The number of hydrogen-bond acceptors (Lipinski definition) is 3. The second kappa shape index (κ2) is 7.28. The van der Waals surface area contributed by atoms with E-state index < -0.39 is 6.04 Å². The maximum Gasteiger partial charge on any atom is 0.253 e. The zero-order valence-electron chi connectivity index (χ0n) is 11.9. The highest BCUT2D eigenvalue weighted by atomic mass is 79.9. The topological polar surface area (TPSA) is 84.2 Å². The predicted molar refractivity (Wildman–Crippen MR) is 83.3 cm³/mol. The third kappa shape index (κ3) is 4.85. The molecule has 2 amide bonds. The summed E-state index contributed by atoms with van der Waals surface area (Å²) < 4.78 is 0.638. The second-order valence-electron chi connectivity index (χ2n) is 5.07. The molecule has 0 aromatic heterocycles. The minimum absolute atomic E-state index is 0.202. The summed E-state index contributed by atoms with van der Waals surface area (Å²) in [6, 6.07) is 4.36. The van der Waals surface area contributed by atoms with Crippen molar-refractivity contribution in [1.82, 2.24) is 10.6 Å². The molecule has 0 saturated heterocycles. The van der Waals surface area contributed by atoms with E-state index in [1.807, 2.05) is 13.8 Å². The van der Waals surface area contributed by atoms with Crippen LogP contribution in [0.25, 0.3) is 0 Å². The second-order valence-corrected chi connectivity index (χ2v) is 5.93. The maximum absolute atomic E-state index is 12.1. The van der Waals surface area contributed by atoms with E-state index in [4.69, 9.17) is 5.73 Å². The van der Waals surface area contributed by atoms with Crippen molar-refractivity contribution in [3.8, 4) is 0 Å². The van der Waals surface area contributed by atoms with Crippen molar-refractivity contribution in [3.05, 3.63) is 28.2 Å². The average molecular weight is 342 g/mol. The summed E-state index contributed by atoms with van der Waals surface area (Å²) in [5.74, 6) is -0.173. The van der Waals surface area contributed by atoms with Gasteiger partial charge >= 0.3 is 0 Å². The van der Waals surface area contributed by atoms with Gasteiger partial charge in [0.2, 0.25) is 5.91 Å². The molecule has 1 rings (SSSR count). The number of hydrogen-bond donors (Lipinski definition) is 3. The van der Waals surface area contributed by atoms with Crippen LogP contribution in [0.4, 0.5) is 5.69 Å². The van der Waals surface area contributed by atoms with Crippen LogP contribution >= 0.6 is 15.9 Å². The van der Waals surface area contributed by atoms with Gasteiger partial charge in [0.05, 0.1) is 5.56 Å². The smallest absolute Gasteiger partial charge is 0.253 e. The molecule has 4 N–H and O–H groups in total.